The van der Waals surface area contributed by atoms with Gasteiger partial charge in [-0.05, 0) is 30.2 Å². The van der Waals surface area contributed by atoms with Gasteiger partial charge in [-0.3, -0.25) is 0 Å². The zero-order valence-corrected chi connectivity index (χ0v) is 12.3. The molecule has 106 valence electrons. The van der Waals surface area contributed by atoms with Crippen LogP contribution in [0.1, 0.15) is 32.4 Å². The smallest absolute Gasteiger partial charge is 0.134 e. The summed E-state index contributed by atoms with van der Waals surface area (Å²) in [5.41, 5.74) is 1.13. The lowest BCUT2D eigenvalue weighted by Gasteiger charge is -2.13. The van der Waals surface area contributed by atoms with Gasteiger partial charge in [-0.15, -0.1) is 0 Å². The van der Waals surface area contributed by atoms with Crippen molar-refractivity contribution in [2.75, 3.05) is 11.9 Å². The molecule has 0 bridgehead atoms. The highest BCUT2D eigenvalue weighted by Gasteiger charge is 2.20. The van der Waals surface area contributed by atoms with Crippen LogP contribution in [0.15, 0.2) is 30.3 Å². The van der Waals surface area contributed by atoms with Crippen LogP contribution in [0.3, 0.4) is 0 Å². The van der Waals surface area contributed by atoms with E-state index >= 15 is 0 Å². The zero-order chi connectivity index (χ0) is 13.9. The first-order chi connectivity index (χ1) is 9.72. The first kappa shape index (κ1) is 13.4. The van der Waals surface area contributed by atoms with E-state index in [1.165, 1.54) is 23.6 Å². The van der Waals surface area contributed by atoms with Crippen LogP contribution >= 0.6 is 0 Å². The van der Waals surface area contributed by atoms with Crippen molar-refractivity contribution in [1.82, 2.24) is 10.3 Å². The minimum absolute atomic E-state index is 0.615. The number of nitrogens with one attached hydrogen (secondary N) is 2. The van der Waals surface area contributed by atoms with Gasteiger partial charge in [0.1, 0.15) is 5.82 Å². The Morgan fingerprint density at radius 1 is 1.25 bits per heavy atom. The standard InChI is InChI=1S/C17H23N3/c1-12(2)10-19-17-16-6-4-3-5-13(16)9-15(20-17)11-18-14-7-8-14/h3-6,9,12,14,18H,7-8,10-11H2,1-2H3,(H,19,20). The van der Waals surface area contributed by atoms with Crippen LogP contribution in [0.2, 0.25) is 0 Å². The Labute approximate surface area is 120 Å². The molecule has 0 aliphatic heterocycles. The number of benzene rings is 1. The topological polar surface area (TPSA) is 37.0 Å². The summed E-state index contributed by atoms with van der Waals surface area (Å²) >= 11 is 0. The van der Waals surface area contributed by atoms with Gasteiger partial charge in [0.25, 0.3) is 0 Å². The summed E-state index contributed by atoms with van der Waals surface area (Å²) in [5, 5.41) is 9.51. The summed E-state index contributed by atoms with van der Waals surface area (Å²) < 4.78 is 0. The van der Waals surface area contributed by atoms with Gasteiger partial charge in [-0.1, -0.05) is 38.1 Å². The second-order valence-corrected chi connectivity index (χ2v) is 6.11. The third-order valence-corrected chi connectivity index (χ3v) is 3.62. The molecule has 0 unspecified atom stereocenters. The molecule has 0 saturated heterocycles. The highest BCUT2D eigenvalue weighted by Crippen LogP contribution is 2.24. The van der Waals surface area contributed by atoms with Crippen LogP contribution in [0, 0.1) is 5.92 Å². The Morgan fingerprint density at radius 3 is 2.80 bits per heavy atom. The van der Waals surface area contributed by atoms with Crippen molar-refractivity contribution >= 4 is 16.6 Å². The summed E-state index contributed by atoms with van der Waals surface area (Å²) in [6.07, 6.45) is 2.62. The second-order valence-electron chi connectivity index (χ2n) is 6.11. The van der Waals surface area contributed by atoms with E-state index in [1.807, 2.05) is 0 Å². The Kier molecular flexibility index (Phi) is 3.88. The number of fused-ring (bicyclic) bond motifs is 1. The zero-order valence-electron chi connectivity index (χ0n) is 12.3. The third-order valence-electron chi connectivity index (χ3n) is 3.62. The molecule has 1 heterocycles. The molecule has 0 spiro atoms. The van der Waals surface area contributed by atoms with E-state index in [4.69, 9.17) is 4.98 Å². The van der Waals surface area contributed by atoms with Crippen molar-refractivity contribution in [2.45, 2.75) is 39.3 Å². The molecule has 3 heteroatoms. The van der Waals surface area contributed by atoms with Gasteiger partial charge in [-0.2, -0.15) is 0 Å². The van der Waals surface area contributed by atoms with Gasteiger partial charge in [-0.25, -0.2) is 4.98 Å². The first-order valence-corrected chi connectivity index (χ1v) is 7.58. The lowest BCUT2D eigenvalue weighted by molar-refractivity contribution is 0.671. The molecule has 1 aromatic heterocycles. The minimum Gasteiger partial charge on any atom is -0.369 e. The molecule has 1 fully saturated rings. The molecular weight excluding hydrogens is 246 g/mol. The average Bonchev–Trinajstić information content (AvgIpc) is 3.26. The van der Waals surface area contributed by atoms with E-state index < -0.39 is 0 Å². The Balaban J connectivity index is 1.86. The van der Waals surface area contributed by atoms with Crippen molar-refractivity contribution in [3.63, 3.8) is 0 Å². The Morgan fingerprint density at radius 2 is 2.05 bits per heavy atom. The van der Waals surface area contributed by atoms with Crippen molar-refractivity contribution in [2.24, 2.45) is 5.92 Å². The lowest BCUT2D eigenvalue weighted by Crippen LogP contribution is -2.17. The van der Waals surface area contributed by atoms with Crippen LogP contribution in [0.25, 0.3) is 10.8 Å². The molecule has 2 aromatic rings. The van der Waals surface area contributed by atoms with E-state index in [2.05, 4.69) is 54.8 Å². The predicted molar refractivity (Wildman–Crippen MR) is 84.9 cm³/mol. The van der Waals surface area contributed by atoms with Crippen LogP contribution in [-0.4, -0.2) is 17.6 Å². The monoisotopic (exact) mass is 269 g/mol. The molecule has 0 atom stereocenters. The van der Waals surface area contributed by atoms with Crippen LogP contribution in [-0.2, 0) is 6.54 Å². The quantitative estimate of drug-likeness (QED) is 0.842. The Bertz CT molecular complexity index is 588. The third kappa shape index (κ3) is 3.28. The van der Waals surface area contributed by atoms with Gasteiger partial charge < -0.3 is 10.6 Å². The molecule has 20 heavy (non-hydrogen) atoms. The predicted octanol–water partition coefficient (Wildman–Crippen LogP) is 3.55. The first-order valence-electron chi connectivity index (χ1n) is 7.58. The number of pyridine rings is 1. The van der Waals surface area contributed by atoms with Gasteiger partial charge in [0, 0.05) is 24.5 Å². The Hall–Kier alpha value is -1.61. The molecule has 1 saturated carbocycles. The van der Waals surface area contributed by atoms with Gasteiger partial charge >= 0.3 is 0 Å². The molecule has 1 aliphatic rings. The SMILES string of the molecule is CC(C)CNc1nc(CNC2CC2)cc2ccccc12. The summed E-state index contributed by atoms with van der Waals surface area (Å²) in [6.45, 7) is 6.25. The highest BCUT2D eigenvalue weighted by atomic mass is 15.0. The number of rotatable bonds is 6. The second kappa shape index (κ2) is 5.80. The lowest BCUT2D eigenvalue weighted by atomic mass is 10.1. The van der Waals surface area contributed by atoms with Gasteiger partial charge in [0.05, 0.1) is 5.69 Å². The van der Waals surface area contributed by atoms with Gasteiger partial charge in [0.2, 0.25) is 0 Å². The van der Waals surface area contributed by atoms with Crippen molar-refractivity contribution < 1.29 is 0 Å². The summed E-state index contributed by atoms with van der Waals surface area (Å²) in [5.74, 6) is 1.63. The average molecular weight is 269 g/mol. The van der Waals surface area contributed by atoms with E-state index in [1.54, 1.807) is 0 Å². The highest BCUT2D eigenvalue weighted by molar-refractivity contribution is 5.92. The normalized spacial score (nSPS) is 14.9. The number of hydrogen-bond donors (Lipinski definition) is 2. The maximum atomic E-state index is 4.80. The van der Waals surface area contributed by atoms with Crippen molar-refractivity contribution in [3.8, 4) is 0 Å². The molecule has 1 aliphatic carbocycles. The van der Waals surface area contributed by atoms with Gasteiger partial charge in [0.15, 0.2) is 0 Å². The van der Waals surface area contributed by atoms with Crippen molar-refractivity contribution in [3.05, 3.63) is 36.0 Å². The summed E-state index contributed by atoms with van der Waals surface area (Å²) in [6, 6.07) is 11.4. The van der Waals surface area contributed by atoms with E-state index in [9.17, 15) is 0 Å². The maximum Gasteiger partial charge on any atom is 0.134 e. The van der Waals surface area contributed by atoms with Crippen molar-refractivity contribution in [1.29, 1.82) is 0 Å². The fourth-order valence-corrected chi connectivity index (χ4v) is 2.32. The number of anilines is 1. The van der Waals surface area contributed by atoms with Crippen LogP contribution in [0.4, 0.5) is 5.82 Å². The fourth-order valence-electron chi connectivity index (χ4n) is 2.32. The number of aromatic nitrogens is 1. The summed E-state index contributed by atoms with van der Waals surface area (Å²) in [4.78, 5) is 4.80. The minimum atomic E-state index is 0.615. The molecule has 3 rings (SSSR count). The van der Waals surface area contributed by atoms with Crippen LogP contribution < -0.4 is 10.6 Å². The van der Waals surface area contributed by atoms with E-state index in [-0.39, 0.29) is 0 Å². The molecule has 0 radical (unpaired) electrons. The number of hydrogen-bond acceptors (Lipinski definition) is 3. The molecule has 0 amide bonds. The van der Waals surface area contributed by atoms with E-state index in [0.717, 1.165) is 30.6 Å². The van der Waals surface area contributed by atoms with Crippen LogP contribution in [0.5, 0.6) is 0 Å². The van der Waals surface area contributed by atoms with E-state index in [0.29, 0.717) is 5.92 Å². The molecule has 3 nitrogen and oxygen atoms in total. The molecule has 2 N–H and O–H groups in total. The molecular formula is C17H23N3. The number of nitrogens with zero attached hydrogens (tertiary/aromatic N) is 1. The largest absolute Gasteiger partial charge is 0.369 e. The maximum absolute atomic E-state index is 4.80. The molecule has 1 aromatic carbocycles. The summed E-state index contributed by atoms with van der Waals surface area (Å²) in [7, 11) is 0. The fraction of sp³-hybridized carbons (Fsp3) is 0.471.